The minimum atomic E-state index is -4.44. The predicted octanol–water partition coefficient (Wildman–Crippen LogP) is 5.72. The quantitative estimate of drug-likeness (QED) is 0.259. The van der Waals surface area contributed by atoms with Gasteiger partial charge >= 0.3 is 12.2 Å². The summed E-state index contributed by atoms with van der Waals surface area (Å²) in [7, 11) is 0. The van der Waals surface area contributed by atoms with E-state index in [1.165, 1.54) is 34.5 Å². The molecule has 0 fully saturated rings. The smallest absolute Gasteiger partial charge is 0.359 e. The highest BCUT2D eigenvalue weighted by molar-refractivity contribution is 6.02. The van der Waals surface area contributed by atoms with Gasteiger partial charge in [-0.25, -0.2) is 22.6 Å². The molecule has 12 heteroatoms. The lowest BCUT2D eigenvalue weighted by atomic mass is 10.1. The van der Waals surface area contributed by atoms with Gasteiger partial charge in [0.2, 0.25) is 6.30 Å². The van der Waals surface area contributed by atoms with Gasteiger partial charge in [0, 0.05) is 28.9 Å². The molecule has 0 saturated heterocycles. The fourth-order valence-electron chi connectivity index (χ4n) is 3.17. The molecule has 1 unspecified atom stereocenters. The number of nitrogens with one attached hydrogen (secondary N) is 3. The van der Waals surface area contributed by atoms with Gasteiger partial charge in [0.05, 0.1) is 23.1 Å². The van der Waals surface area contributed by atoms with E-state index in [4.69, 9.17) is 0 Å². The Labute approximate surface area is 182 Å². The molecule has 0 aliphatic carbocycles. The van der Waals surface area contributed by atoms with Gasteiger partial charge in [-0.1, -0.05) is 6.07 Å². The molecule has 2 heterocycles. The Bertz CT molecular complexity index is 1280. The van der Waals surface area contributed by atoms with E-state index in [-0.39, 0.29) is 5.69 Å². The molecular weight excluding hydrogens is 452 g/mol. The second-order valence-electron chi connectivity index (χ2n) is 7.02. The zero-order chi connectivity index (χ0) is 23.8. The van der Waals surface area contributed by atoms with Crippen LogP contribution in [0.4, 0.5) is 36.8 Å². The molecule has 0 aliphatic heterocycles. The lowest BCUT2D eigenvalue weighted by molar-refractivity contribution is -0.137. The number of aromatic nitrogens is 3. The molecule has 0 radical (unpaired) electrons. The van der Waals surface area contributed by atoms with Gasteiger partial charge in [-0.15, -0.1) is 0 Å². The maximum absolute atomic E-state index is 13.0. The largest absolute Gasteiger partial charge is 0.416 e. The molecule has 4 aromatic rings. The van der Waals surface area contributed by atoms with Gasteiger partial charge in [0.15, 0.2) is 0 Å². The van der Waals surface area contributed by atoms with Crippen LogP contribution in [0.2, 0.25) is 0 Å². The van der Waals surface area contributed by atoms with Crippen molar-refractivity contribution in [2.24, 2.45) is 0 Å². The zero-order valence-corrected chi connectivity index (χ0v) is 16.5. The lowest BCUT2D eigenvalue weighted by Gasteiger charge is -2.10. The van der Waals surface area contributed by atoms with Gasteiger partial charge < -0.3 is 15.6 Å². The molecule has 0 aliphatic rings. The number of anilines is 1. The summed E-state index contributed by atoms with van der Waals surface area (Å²) < 4.78 is 77.2. The van der Waals surface area contributed by atoms with Crippen molar-refractivity contribution in [3.63, 3.8) is 0 Å². The molecule has 1 atom stereocenters. The van der Waals surface area contributed by atoms with Crippen LogP contribution < -0.4 is 10.6 Å². The minimum absolute atomic E-state index is 0.237. The van der Waals surface area contributed by atoms with Crippen molar-refractivity contribution in [2.45, 2.75) is 18.9 Å². The summed E-state index contributed by atoms with van der Waals surface area (Å²) in [4.78, 5) is 14.7. The first kappa shape index (κ1) is 22.2. The average Bonchev–Trinajstić information content (AvgIpc) is 3.40. The number of benzene rings is 2. The highest BCUT2D eigenvalue weighted by Crippen LogP contribution is 2.31. The second-order valence-corrected chi connectivity index (χ2v) is 7.02. The first-order valence-electron chi connectivity index (χ1n) is 9.45. The van der Waals surface area contributed by atoms with Crippen molar-refractivity contribution in [3.8, 4) is 16.8 Å². The van der Waals surface area contributed by atoms with Crippen molar-refractivity contribution in [1.82, 2.24) is 20.1 Å². The van der Waals surface area contributed by atoms with E-state index in [2.05, 4.69) is 15.4 Å². The topological polar surface area (TPSA) is 74.7 Å². The molecule has 4 rings (SSSR count). The first-order chi connectivity index (χ1) is 15.6. The van der Waals surface area contributed by atoms with Crippen LogP contribution >= 0.6 is 0 Å². The lowest BCUT2D eigenvalue weighted by Crippen LogP contribution is -2.39. The Morgan fingerprint density at radius 3 is 2.42 bits per heavy atom. The van der Waals surface area contributed by atoms with Crippen LogP contribution in [0.25, 0.3) is 27.7 Å². The maximum Gasteiger partial charge on any atom is 0.416 e. The summed E-state index contributed by atoms with van der Waals surface area (Å²) in [6.45, 7) is 0. The number of amides is 2. The van der Waals surface area contributed by atoms with E-state index in [1.807, 2.05) is 0 Å². The SMILES string of the molecule is O=C(Nc1c[nH]c2ccc(-c3cnn(-c4ccc(C(F)(F)F)cc4)c3)cc12)NC(F)C(F)F. The van der Waals surface area contributed by atoms with Crippen molar-refractivity contribution in [1.29, 1.82) is 0 Å². The monoisotopic (exact) mass is 467 g/mol. The zero-order valence-electron chi connectivity index (χ0n) is 16.5. The second kappa shape index (κ2) is 8.52. The highest BCUT2D eigenvalue weighted by atomic mass is 19.4. The van der Waals surface area contributed by atoms with Gasteiger partial charge in [-0.3, -0.25) is 0 Å². The maximum atomic E-state index is 13.0. The minimum Gasteiger partial charge on any atom is -0.359 e. The standard InChI is InChI=1S/C21H15F6N5O/c22-18(23)19(24)31-20(33)30-17-9-28-16-6-1-11(7-15(16)17)12-8-29-32(10-12)14-4-2-13(3-5-14)21(25,26)27/h1-10,18-19,28H,(H2,30,31,33). The van der Waals surface area contributed by atoms with Gasteiger partial charge in [0.1, 0.15) is 0 Å². The number of hydrogen-bond donors (Lipinski definition) is 3. The molecular formula is C21H15F6N5O. The van der Waals surface area contributed by atoms with Crippen LogP contribution in [0.15, 0.2) is 61.1 Å². The molecule has 172 valence electrons. The number of halogens is 6. The molecule has 0 spiro atoms. The van der Waals surface area contributed by atoms with E-state index in [0.717, 1.165) is 12.1 Å². The Morgan fingerprint density at radius 2 is 1.76 bits per heavy atom. The number of H-pyrrole nitrogens is 1. The predicted molar refractivity (Wildman–Crippen MR) is 109 cm³/mol. The fraction of sp³-hybridized carbons (Fsp3) is 0.143. The molecule has 0 saturated carbocycles. The van der Waals surface area contributed by atoms with Crippen LogP contribution in [-0.4, -0.2) is 33.5 Å². The average molecular weight is 467 g/mol. The number of fused-ring (bicyclic) bond motifs is 1. The third-order valence-corrected chi connectivity index (χ3v) is 4.80. The van der Waals surface area contributed by atoms with Crippen LogP contribution in [0.3, 0.4) is 0 Å². The van der Waals surface area contributed by atoms with Gasteiger partial charge in [-0.2, -0.15) is 18.3 Å². The van der Waals surface area contributed by atoms with E-state index in [1.54, 1.807) is 24.4 Å². The van der Waals surface area contributed by atoms with E-state index >= 15 is 0 Å². The summed E-state index contributed by atoms with van der Waals surface area (Å²) in [5.41, 5.74) is 1.81. The molecule has 2 amide bonds. The van der Waals surface area contributed by atoms with Crippen molar-refractivity contribution < 1.29 is 31.1 Å². The number of rotatable bonds is 5. The number of nitrogens with zero attached hydrogens (tertiary/aromatic N) is 2. The third-order valence-electron chi connectivity index (χ3n) is 4.80. The summed E-state index contributed by atoms with van der Waals surface area (Å²) >= 11 is 0. The highest BCUT2D eigenvalue weighted by Gasteiger charge is 2.30. The van der Waals surface area contributed by atoms with Crippen LogP contribution in [0.1, 0.15) is 5.56 Å². The van der Waals surface area contributed by atoms with E-state index in [9.17, 15) is 31.1 Å². The Hall–Kier alpha value is -3.96. The van der Waals surface area contributed by atoms with Crippen LogP contribution in [0.5, 0.6) is 0 Å². The van der Waals surface area contributed by atoms with E-state index < -0.39 is 30.5 Å². The van der Waals surface area contributed by atoms with Crippen molar-refractivity contribution in [2.75, 3.05) is 5.32 Å². The number of carbonyl (C=O) groups excluding carboxylic acids is 1. The molecule has 3 N–H and O–H groups in total. The number of alkyl halides is 6. The van der Waals surface area contributed by atoms with Gasteiger partial charge in [0.25, 0.3) is 6.43 Å². The van der Waals surface area contributed by atoms with Gasteiger partial charge in [-0.05, 0) is 42.0 Å². The molecule has 0 bridgehead atoms. The third kappa shape index (κ3) is 4.78. The molecule has 33 heavy (non-hydrogen) atoms. The summed E-state index contributed by atoms with van der Waals surface area (Å²) in [6, 6.07) is 8.54. The Kier molecular flexibility index (Phi) is 5.75. The summed E-state index contributed by atoms with van der Waals surface area (Å²) in [5.74, 6) is 0. The van der Waals surface area contributed by atoms with E-state index in [0.29, 0.717) is 27.7 Å². The number of carbonyl (C=O) groups is 1. The fourth-order valence-corrected chi connectivity index (χ4v) is 3.17. The molecule has 2 aromatic carbocycles. The van der Waals surface area contributed by atoms with Crippen molar-refractivity contribution >= 4 is 22.6 Å². The number of aromatic amines is 1. The molecule has 6 nitrogen and oxygen atoms in total. The Morgan fingerprint density at radius 1 is 1.03 bits per heavy atom. The normalized spacial score (nSPS) is 12.8. The number of hydrogen-bond acceptors (Lipinski definition) is 2. The first-order valence-corrected chi connectivity index (χ1v) is 9.45. The van der Waals surface area contributed by atoms with Crippen molar-refractivity contribution in [3.05, 3.63) is 66.6 Å². The summed E-state index contributed by atoms with van der Waals surface area (Å²) in [6.07, 6.45) is -6.04. The Balaban J connectivity index is 1.56. The molecule has 2 aromatic heterocycles. The summed E-state index contributed by atoms with van der Waals surface area (Å²) in [5, 5.41) is 8.51. The number of urea groups is 1. The van der Waals surface area contributed by atoms with Crippen LogP contribution in [0, 0.1) is 0 Å². The van der Waals surface area contributed by atoms with Crippen LogP contribution in [-0.2, 0) is 6.18 Å².